The van der Waals surface area contributed by atoms with Crippen molar-refractivity contribution in [2.45, 2.75) is 142 Å². The number of esters is 4. The highest BCUT2D eigenvalue weighted by atomic mass is 16.6. The van der Waals surface area contributed by atoms with Gasteiger partial charge in [-0.3, -0.25) is 19.2 Å². The Kier molecular flexibility index (Phi) is 14.0. The van der Waals surface area contributed by atoms with E-state index in [0.717, 1.165) is 0 Å². The molecule has 0 saturated carbocycles. The molecule has 11 heteroatoms. The fourth-order valence-electron chi connectivity index (χ4n) is 5.70. The minimum atomic E-state index is -1.49. The minimum Gasteiger partial charge on any atom is -0.462 e. The van der Waals surface area contributed by atoms with Crippen LogP contribution in [0.25, 0.3) is 0 Å². The fourth-order valence-corrected chi connectivity index (χ4v) is 5.70. The van der Waals surface area contributed by atoms with E-state index in [2.05, 4.69) is 0 Å². The van der Waals surface area contributed by atoms with Gasteiger partial charge in [0.1, 0.15) is 30.0 Å². The molecule has 45 heavy (non-hydrogen) atoms. The SMILES string of the molecule is CCC(OC(C)=O)C(C)C1OC1CC(C)(O)C=CC=C(C)C1OC(=O)CC(OC(C)=O)CCC(C)(O)C(OC(C)=O)C=CC1C. The molecule has 0 aromatic heterocycles. The topological polar surface area (TPSA) is 158 Å². The van der Waals surface area contributed by atoms with Crippen LogP contribution in [0.15, 0.2) is 36.0 Å². The molecule has 2 aliphatic heterocycles. The molecule has 11 nitrogen and oxygen atoms in total. The molecule has 1 fully saturated rings. The van der Waals surface area contributed by atoms with Crippen LogP contribution in [0, 0.1) is 11.8 Å². The van der Waals surface area contributed by atoms with Crippen molar-refractivity contribution >= 4 is 23.9 Å². The Morgan fingerprint density at radius 1 is 1.13 bits per heavy atom. The number of cyclic esters (lactones) is 1. The Bertz CT molecular complexity index is 1130. The van der Waals surface area contributed by atoms with Gasteiger partial charge in [0.2, 0.25) is 0 Å². The number of epoxide rings is 1. The maximum absolute atomic E-state index is 13.0. The summed E-state index contributed by atoms with van der Waals surface area (Å²) in [4.78, 5) is 48.0. The molecular weight excluding hydrogens is 584 g/mol. The van der Waals surface area contributed by atoms with Gasteiger partial charge in [-0.1, -0.05) is 45.1 Å². The zero-order valence-corrected chi connectivity index (χ0v) is 28.1. The number of rotatable bonds is 11. The van der Waals surface area contributed by atoms with Crippen molar-refractivity contribution in [1.29, 1.82) is 0 Å². The van der Waals surface area contributed by atoms with E-state index >= 15 is 0 Å². The Balaban J connectivity index is 2.23. The van der Waals surface area contributed by atoms with Gasteiger partial charge in [0.05, 0.1) is 24.2 Å². The molecule has 2 aliphatic rings. The van der Waals surface area contributed by atoms with E-state index in [1.165, 1.54) is 27.7 Å². The third-order valence-electron chi connectivity index (χ3n) is 8.25. The Labute approximate surface area is 267 Å². The average molecular weight is 637 g/mol. The molecule has 2 heterocycles. The molecule has 2 rings (SSSR count). The number of carbonyl (C=O) groups excluding carboxylic acids is 4. The minimum absolute atomic E-state index is 0.0132. The highest BCUT2D eigenvalue weighted by Crippen LogP contribution is 2.38. The first kappa shape index (κ1) is 38.2. The van der Waals surface area contributed by atoms with Crippen molar-refractivity contribution in [2.75, 3.05) is 0 Å². The van der Waals surface area contributed by atoms with Crippen molar-refractivity contribution in [1.82, 2.24) is 0 Å². The van der Waals surface area contributed by atoms with Crippen LogP contribution in [0.3, 0.4) is 0 Å². The number of hydrogen-bond donors (Lipinski definition) is 2. The van der Waals surface area contributed by atoms with Crippen molar-refractivity contribution in [3.8, 4) is 0 Å². The van der Waals surface area contributed by atoms with Gasteiger partial charge in [-0.25, -0.2) is 0 Å². The number of allylic oxidation sites excluding steroid dienone is 2. The highest BCUT2D eigenvalue weighted by Gasteiger charge is 2.48. The maximum atomic E-state index is 13.0. The smallest absolute Gasteiger partial charge is 0.310 e. The van der Waals surface area contributed by atoms with Crippen LogP contribution >= 0.6 is 0 Å². The van der Waals surface area contributed by atoms with Gasteiger partial charge in [0.15, 0.2) is 0 Å². The monoisotopic (exact) mass is 636 g/mol. The maximum Gasteiger partial charge on any atom is 0.310 e. The Morgan fingerprint density at radius 2 is 1.78 bits per heavy atom. The van der Waals surface area contributed by atoms with Crippen molar-refractivity contribution in [3.05, 3.63) is 36.0 Å². The van der Waals surface area contributed by atoms with Crippen LogP contribution in [0.5, 0.6) is 0 Å². The van der Waals surface area contributed by atoms with E-state index in [1.807, 2.05) is 20.8 Å². The summed E-state index contributed by atoms with van der Waals surface area (Å²) in [5.41, 5.74) is -2.02. The van der Waals surface area contributed by atoms with E-state index in [9.17, 15) is 29.4 Å². The molecule has 10 atom stereocenters. The summed E-state index contributed by atoms with van der Waals surface area (Å²) in [6, 6.07) is 0. The molecule has 0 radical (unpaired) electrons. The second-order valence-electron chi connectivity index (χ2n) is 12.9. The first-order valence-electron chi connectivity index (χ1n) is 15.7. The molecule has 10 unspecified atom stereocenters. The zero-order chi connectivity index (χ0) is 34.1. The second kappa shape index (κ2) is 16.5. The molecule has 2 N–H and O–H groups in total. The van der Waals surface area contributed by atoms with Crippen LogP contribution in [0.1, 0.15) is 94.4 Å². The van der Waals surface area contributed by atoms with Gasteiger partial charge in [-0.05, 0) is 51.7 Å². The number of aliphatic hydroxyl groups is 2. The summed E-state index contributed by atoms with van der Waals surface area (Å²) < 4.78 is 27.8. The molecule has 254 valence electrons. The second-order valence-corrected chi connectivity index (χ2v) is 12.9. The van der Waals surface area contributed by atoms with Crippen LogP contribution in [0.2, 0.25) is 0 Å². The number of hydrogen-bond acceptors (Lipinski definition) is 11. The van der Waals surface area contributed by atoms with E-state index < -0.39 is 53.3 Å². The molecule has 0 bridgehead atoms. The Hall–Kier alpha value is -3.02. The van der Waals surface area contributed by atoms with E-state index in [0.29, 0.717) is 18.4 Å². The number of carbonyl (C=O) groups is 4. The predicted molar refractivity (Wildman–Crippen MR) is 166 cm³/mol. The summed E-state index contributed by atoms with van der Waals surface area (Å²) in [6.45, 7) is 14.6. The molecule has 0 aromatic carbocycles. The molecule has 0 aliphatic carbocycles. The van der Waals surface area contributed by atoms with Gasteiger partial charge in [0.25, 0.3) is 0 Å². The summed E-state index contributed by atoms with van der Waals surface area (Å²) >= 11 is 0. The third kappa shape index (κ3) is 12.7. The van der Waals surface area contributed by atoms with Crippen LogP contribution in [0.4, 0.5) is 0 Å². The zero-order valence-electron chi connectivity index (χ0n) is 28.1. The quantitative estimate of drug-likeness (QED) is 0.110. The molecular formula is C34H52O11. The van der Waals surface area contributed by atoms with Gasteiger partial charge in [-0.15, -0.1) is 0 Å². The summed E-state index contributed by atoms with van der Waals surface area (Å²) in [5, 5.41) is 22.2. The summed E-state index contributed by atoms with van der Waals surface area (Å²) in [5.74, 6) is -2.45. The van der Waals surface area contributed by atoms with E-state index in [1.54, 1.807) is 44.2 Å². The highest BCUT2D eigenvalue weighted by molar-refractivity contribution is 5.72. The normalized spacial score (nSPS) is 32.2. The van der Waals surface area contributed by atoms with Crippen molar-refractivity contribution in [2.24, 2.45) is 11.8 Å². The van der Waals surface area contributed by atoms with E-state index in [4.69, 9.17) is 23.7 Å². The largest absolute Gasteiger partial charge is 0.462 e. The van der Waals surface area contributed by atoms with Gasteiger partial charge in [0, 0.05) is 39.0 Å². The first-order chi connectivity index (χ1) is 20.8. The summed E-state index contributed by atoms with van der Waals surface area (Å²) in [7, 11) is 0. The van der Waals surface area contributed by atoms with Crippen molar-refractivity contribution in [3.63, 3.8) is 0 Å². The Morgan fingerprint density at radius 3 is 2.36 bits per heavy atom. The van der Waals surface area contributed by atoms with Gasteiger partial charge < -0.3 is 33.9 Å². The lowest BCUT2D eigenvalue weighted by molar-refractivity contribution is -0.160. The fraction of sp³-hybridized carbons (Fsp3) is 0.706. The van der Waals surface area contributed by atoms with Crippen LogP contribution in [-0.2, 0) is 42.9 Å². The van der Waals surface area contributed by atoms with Gasteiger partial charge >= 0.3 is 23.9 Å². The van der Waals surface area contributed by atoms with Crippen molar-refractivity contribution < 1.29 is 53.1 Å². The lowest BCUT2D eigenvalue weighted by Crippen LogP contribution is -2.42. The predicted octanol–water partition coefficient (Wildman–Crippen LogP) is 4.28. The molecule has 0 amide bonds. The first-order valence-corrected chi connectivity index (χ1v) is 15.7. The standard InChI is InChI=1S/C34H52O11/c1-10-27(42-24(6)36)22(4)32-28(44-32)19-33(8,39)16-11-12-20(2)31-21(3)13-14-29(43-25(7)37)34(9,40)17-15-26(41-23(5)35)18-30(38)45-31/h11-14,16,21-22,26-29,31-32,39-40H,10,15,17-19H2,1-9H3. The lowest BCUT2D eigenvalue weighted by atomic mass is 9.88. The molecule has 0 spiro atoms. The summed E-state index contributed by atoms with van der Waals surface area (Å²) in [6.07, 6.45) is 6.31. The molecule has 1 saturated heterocycles. The van der Waals surface area contributed by atoms with E-state index in [-0.39, 0.29) is 49.5 Å². The van der Waals surface area contributed by atoms with Gasteiger partial charge in [-0.2, -0.15) is 0 Å². The molecule has 0 aromatic rings. The average Bonchev–Trinajstić information content (AvgIpc) is 3.67. The van der Waals surface area contributed by atoms with Crippen LogP contribution < -0.4 is 0 Å². The number of ether oxygens (including phenoxy) is 5. The van der Waals surface area contributed by atoms with Crippen LogP contribution in [-0.4, -0.2) is 81.9 Å². The third-order valence-corrected chi connectivity index (χ3v) is 8.25. The lowest BCUT2D eigenvalue weighted by Gasteiger charge is -2.33.